The number of nitrogens with one attached hydrogen (secondary N) is 1. The molecule has 0 spiro atoms. The van der Waals surface area contributed by atoms with Gasteiger partial charge in [-0.1, -0.05) is 109 Å². The maximum atomic E-state index is 13.0. The van der Waals surface area contributed by atoms with Crippen LogP contribution in [0.1, 0.15) is 41.2 Å². The Labute approximate surface area is 224 Å². The van der Waals surface area contributed by atoms with Gasteiger partial charge in [-0.25, -0.2) is 4.79 Å². The predicted molar refractivity (Wildman–Crippen MR) is 149 cm³/mol. The Morgan fingerprint density at radius 1 is 0.763 bits per heavy atom. The van der Waals surface area contributed by atoms with Crippen molar-refractivity contribution in [1.82, 2.24) is 5.32 Å². The number of hydrogen-bond donors (Lipinski definition) is 1. The summed E-state index contributed by atoms with van der Waals surface area (Å²) in [6.45, 7) is 2.43. The Kier molecular flexibility index (Phi) is 8.17. The van der Waals surface area contributed by atoms with Crippen LogP contribution in [0.5, 0.6) is 0 Å². The van der Waals surface area contributed by atoms with Crippen molar-refractivity contribution in [3.63, 3.8) is 0 Å². The number of alkyl carbamates (subject to hydrolysis) is 1. The number of amides is 1. The first kappa shape index (κ1) is 25.7. The number of benzene rings is 4. The lowest BCUT2D eigenvalue weighted by Gasteiger charge is -2.27. The fraction of sp³-hybridized carbons (Fsp3) is 0.242. The van der Waals surface area contributed by atoms with E-state index in [1.807, 2.05) is 91.9 Å². The van der Waals surface area contributed by atoms with Crippen molar-refractivity contribution in [3.05, 3.63) is 131 Å². The second-order valence-electron chi connectivity index (χ2n) is 9.55. The molecule has 5 nitrogen and oxygen atoms in total. The molecule has 4 aromatic rings. The maximum Gasteiger partial charge on any atom is 0.407 e. The van der Waals surface area contributed by atoms with E-state index in [1.165, 1.54) is 22.3 Å². The molecule has 1 N–H and O–H groups in total. The SMILES string of the molecule is CO[C@H](C)[C@H](COC(c1ccccc1)c1ccccc1)NC(=O)OCC1c2ccccc2-c2ccccc21. The highest BCUT2D eigenvalue weighted by atomic mass is 16.6. The number of fused-ring (bicyclic) bond motifs is 3. The molecule has 0 fully saturated rings. The first-order valence-corrected chi connectivity index (χ1v) is 13.0. The van der Waals surface area contributed by atoms with Gasteiger partial charge in [-0.3, -0.25) is 0 Å². The highest BCUT2D eigenvalue weighted by Crippen LogP contribution is 2.44. The molecule has 0 heterocycles. The lowest BCUT2D eigenvalue weighted by molar-refractivity contribution is 0.00796. The molecule has 1 amide bonds. The van der Waals surface area contributed by atoms with Crippen LogP contribution in [0.4, 0.5) is 4.79 Å². The van der Waals surface area contributed by atoms with Gasteiger partial charge in [0.25, 0.3) is 0 Å². The van der Waals surface area contributed by atoms with Gasteiger partial charge < -0.3 is 19.5 Å². The van der Waals surface area contributed by atoms with Crippen molar-refractivity contribution in [2.24, 2.45) is 0 Å². The van der Waals surface area contributed by atoms with Gasteiger partial charge in [-0.05, 0) is 40.3 Å². The van der Waals surface area contributed by atoms with Crippen LogP contribution in [-0.2, 0) is 14.2 Å². The monoisotopic (exact) mass is 507 g/mol. The maximum absolute atomic E-state index is 13.0. The predicted octanol–water partition coefficient (Wildman–Crippen LogP) is 6.73. The van der Waals surface area contributed by atoms with Crippen LogP contribution in [0, 0.1) is 0 Å². The number of carbonyl (C=O) groups excluding carboxylic acids is 1. The summed E-state index contributed by atoms with van der Waals surface area (Å²) in [5.74, 6) is 0.00300. The zero-order valence-electron chi connectivity index (χ0n) is 21.7. The van der Waals surface area contributed by atoms with Crippen molar-refractivity contribution in [3.8, 4) is 11.1 Å². The van der Waals surface area contributed by atoms with E-state index in [-0.39, 0.29) is 31.3 Å². The zero-order valence-corrected chi connectivity index (χ0v) is 21.7. The second-order valence-corrected chi connectivity index (χ2v) is 9.55. The van der Waals surface area contributed by atoms with Crippen LogP contribution in [-0.4, -0.2) is 38.6 Å². The minimum atomic E-state index is -0.486. The molecule has 5 heteroatoms. The van der Waals surface area contributed by atoms with Gasteiger partial charge in [0.05, 0.1) is 18.8 Å². The third kappa shape index (κ3) is 5.64. The van der Waals surface area contributed by atoms with Gasteiger partial charge in [0.2, 0.25) is 0 Å². The highest BCUT2D eigenvalue weighted by Gasteiger charge is 2.30. The molecular weight excluding hydrogens is 474 g/mol. The van der Waals surface area contributed by atoms with E-state index in [4.69, 9.17) is 14.2 Å². The number of ether oxygens (including phenoxy) is 3. The van der Waals surface area contributed by atoms with Crippen molar-refractivity contribution in [2.45, 2.75) is 31.1 Å². The van der Waals surface area contributed by atoms with Gasteiger partial charge in [-0.2, -0.15) is 0 Å². The third-order valence-electron chi connectivity index (χ3n) is 7.23. The molecule has 4 aromatic carbocycles. The molecule has 0 aromatic heterocycles. The normalized spacial score (nSPS) is 14.0. The first-order valence-electron chi connectivity index (χ1n) is 13.0. The van der Waals surface area contributed by atoms with Gasteiger partial charge in [0.15, 0.2) is 0 Å². The van der Waals surface area contributed by atoms with Crippen LogP contribution in [0.25, 0.3) is 11.1 Å². The van der Waals surface area contributed by atoms with E-state index in [2.05, 4.69) is 29.6 Å². The Hall–Kier alpha value is -3.93. The average Bonchev–Trinajstić information content (AvgIpc) is 3.30. The summed E-state index contributed by atoms with van der Waals surface area (Å²) in [7, 11) is 1.63. The van der Waals surface area contributed by atoms with Crippen molar-refractivity contribution >= 4 is 6.09 Å². The molecule has 0 saturated heterocycles. The van der Waals surface area contributed by atoms with E-state index in [0.717, 1.165) is 11.1 Å². The molecule has 1 aliphatic carbocycles. The molecule has 38 heavy (non-hydrogen) atoms. The Morgan fingerprint density at radius 2 is 1.26 bits per heavy atom. The third-order valence-corrected chi connectivity index (χ3v) is 7.23. The van der Waals surface area contributed by atoms with Crippen LogP contribution >= 0.6 is 0 Å². The number of carbonyl (C=O) groups is 1. The first-order chi connectivity index (χ1) is 18.7. The summed E-state index contributed by atoms with van der Waals surface area (Å²) < 4.78 is 17.8. The van der Waals surface area contributed by atoms with Crippen LogP contribution in [0.3, 0.4) is 0 Å². The molecule has 0 radical (unpaired) electrons. The fourth-order valence-corrected chi connectivity index (χ4v) is 5.09. The summed E-state index contributed by atoms with van der Waals surface area (Å²) in [6.07, 6.45) is -1.03. The van der Waals surface area contributed by atoms with E-state index in [1.54, 1.807) is 7.11 Å². The van der Waals surface area contributed by atoms with Gasteiger partial charge in [0, 0.05) is 13.0 Å². The average molecular weight is 508 g/mol. The van der Waals surface area contributed by atoms with Crippen molar-refractivity contribution < 1.29 is 19.0 Å². The number of rotatable bonds is 10. The summed E-state index contributed by atoms with van der Waals surface area (Å²) in [5, 5.41) is 2.99. The largest absolute Gasteiger partial charge is 0.449 e. The number of hydrogen-bond acceptors (Lipinski definition) is 4. The standard InChI is InChI=1S/C33H33NO4/c1-23(36-2)31(22-37-32(24-13-5-3-6-14-24)25-15-7-4-8-16-25)34-33(35)38-21-30-28-19-11-9-17-26(28)27-18-10-12-20-29(27)30/h3-20,23,30-32H,21-22H2,1-2H3,(H,34,35)/t23-,31+/m1/s1. The van der Waals surface area contributed by atoms with Gasteiger partial charge in [0.1, 0.15) is 12.7 Å². The second kappa shape index (κ2) is 12.1. The Bertz CT molecular complexity index is 1260. The number of methoxy groups -OCH3 is 1. The minimum absolute atomic E-state index is 0.00300. The summed E-state index contributed by atoms with van der Waals surface area (Å²) in [4.78, 5) is 13.0. The topological polar surface area (TPSA) is 56.8 Å². The quantitative estimate of drug-likeness (QED) is 0.258. The molecule has 0 unspecified atom stereocenters. The van der Waals surface area contributed by atoms with Crippen molar-refractivity contribution in [1.29, 1.82) is 0 Å². The molecular formula is C33H33NO4. The molecule has 2 atom stereocenters. The smallest absolute Gasteiger partial charge is 0.407 e. The molecule has 5 rings (SSSR count). The molecule has 0 aliphatic heterocycles. The van der Waals surface area contributed by atoms with Crippen molar-refractivity contribution in [2.75, 3.05) is 20.3 Å². The van der Waals surface area contributed by atoms with Crippen LogP contribution in [0.15, 0.2) is 109 Å². The lowest BCUT2D eigenvalue weighted by atomic mass is 9.98. The van der Waals surface area contributed by atoms with E-state index >= 15 is 0 Å². The molecule has 0 bridgehead atoms. The van der Waals surface area contributed by atoms with Crippen LogP contribution in [0.2, 0.25) is 0 Å². The van der Waals surface area contributed by atoms with E-state index < -0.39 is 12.1 Å². The summed E-state index contributed by atoms with van der Waals surface area (Å²) in [6, 6.07) is 36.4. The summed E-state index contributed by atoms with van der Waals surface area (Å²) in [5.41, 5.74) is 6.85. The van der Waals surface area contributed by atoms with E-state index in [0.29, 0.717) is 0 Å². The molecule has 194 valence electrons. The molecule has 1 aliphatic rings. The van der Waals surface area contributed by atoms with E-state index in [9.17, 15) is 4.79 Å². The lowest BCUT2D eigenvalue weighted by Crippen LogP contribution is -2.46. The minimum Gasteiger partial charge on any atom is -0.449 e. The fourth-order valence-electron chi connectivity index (χ4n) is 5.09. The highest BCUT2D eigenvalue weighted by molar-refractivity contribution is 5.79. The molecule has 0 saturated carbocycles. The summed E-state index contributed by atoms with van der Waals surface area (Å²) >= 11 is 0. The van der Waals surface area contributed by atoms with Crippen LogP contribution < -0.4 is 5.32 Å². The zero-order chi connectivity index (χ0) is 26.3. The Morgan fingerprint density at radius 3 is 1.79 bits per heavy atom. The Balaban J connectivity index is 1.26. The van der Waals surface area contributed by atoms with Gasteiger partial charge >= 0.3 is 6.09 Å². The van der Waals surface area contributed by atoms with Gasteiger partial charge in [-0.15, -0.1) is 0 Å².